The van der Waals surface area contributed by atoms with Crippen molar-refractivity contribution in [1.82, 2.24) is 9.78 Å². The van der Waals surface area contributed by atoms with Gasteiger partial charge < -0.3 is 5.32 Å². The van der Waals surface area contributed by atoms with E-state index < -0.39 is 0 Å². The van der Waals surface area contributed by atoms with Crippen LogP contribution < -0.4 is 5.32 Å². The van der Waals surface area contributed by atoms with Gasteiger partial charge in [0.15, 0.2) is 0 Å². The molecule has 0 saturated heterocycles. The first-order valence-electron chi connectivity index (χ1n) is 6.54. The van der Waals surface area contributed by atoms with E-state index in [2.05, 4.69) is 48.5 Å². The van der Waals surface area contributed by atoms with E-state index in [1.807, 2.05) is 16.9 Å². The van der Waals surface area contributed by atoms with Gasteiger partial charge in [-0.05, 0) is 55.5 Å². The highest BCUT2D eigenvalue weighted by Gasteiger charge is 2.42. The molecule has 18 heavy (non-hydrogen) atoms. The van der Waals surface area contributed by atoms with Crippen LogP contribution in [0, 0.1) is 5.41 Å². The van der Waals surface area contributed by atoms with Gasteiger partial charge in [0.05, 0.1) is 5.69 Å². The number of benzene rings is 1. The van der Waals surface area contributed by atoms with Gasteiger partial charge in [0.2, 0.25) is 0 Å². The molecule has 3 nitrogen and oxygen atoms in total. The molecule has 0 amide bonds. The van der Waals surface area contributed by atoms with Crippen molar-refractivity contribution in [3.63, 3.8) is 0 Å². The second kappa shape index (κ2) is 4.16. The van der Waals surface area contributed by atoms with E-state index in [4.69, 9.17) is 0 Å². The lowest BCUT2D eigenvalue weighted by Gasteiger charge is -2.21. The van der Waals surface area contributed by atoms with Crippen LogP contribution >= 0.6 is 0 Å². The molecule has 1 fully saturated rings. The lowest BCUT2D eigenvalue weighted by atomic mass is 10.0. The molecule has 0 spiro atoms. The van der Waals surface area contributed by atoms with Gasteiger partial charge in [-0.25, -0.2) is 4.68 Å². The maximum atomic E-state index is 4.22. The molecule has 1 aromatic carbocycles. The monoisotopic (exact) mass is 241 g/mol. The summed E-state index contributed by atoms with van der Waals surface area (Å²) in [7, 11) is 0. The Labute approximate surface area is 108 Å². The molecule has 1 unspecified atom stereocenters. The van der Waals surface area contributed by atoms with Crippen LogP contribution in [0.15, 0.2) is 42.7 Å². The molecule has 1 aliphatic carbocycles. The van der Waals surface area contributed by atoms with Crippen LogP contribution in [0.3, 0.4) is 0 Å². The van der Waals surface area contributed by atoms with E-state index in [0.717, 1.165) is 5.69 Å². The zero-order chi connectivity index (χ0) is 12.6. The van der Waals surface area contributed by atoms with E-state index in [-0.39, 0.29) is 0 Å². The van der Waals surface area contributed by atoms with Crippen LogP contribution in [0.2, 0.25) is 0 Å². The molecule has 0 bridgehead atoms. The number of anilines is 1. The summed E-state index contributed by atoms with van der Waals surface area (Å²) in [4.78, 5) is 0. The predicted molar refractivity (Wildman–Crippen MR) is 74.0 cm³/mol. The topological polar surface area (TPSA) is 29.9 Å². The summed E-state index contributed by atoms with van der Waals surface area (Å²) >= 11 is 0. The maximum absolute atomic E-state index is 4.22. The largest absolute Gasteiger partial charge is 0.382 e. The number of nitrogens with zero attached hydrogens (tertiary/aromatic N) is 2. The minimum absolute atomic E-state index is 0.501. The number of hydrogen-bond donors (Lipinski definition) is 1. The van der Waals surface area contributed by atoms with E-state index in [9.17, 15) is 0 Å². The normalized spacial score (nSPS) is 18.3. The lowest BCUT2D eigenvalue weighted by molar-refractivity contribution is 0.493. The summed E-state index contributed by atoms with van der Waals surface area (Å²) in [6, 6.07) is 10.9. The average molecular weight is 241 g/mol. The minimum Gasteiger partial charge on any atom is -0.382 e. The zero-order valence-electron chi connectivity index (χ0n) is 10.9. The van der Waals surface area contributed by atoms with Crippen molar-refractivity contribution < 1.29 is 0 Å². The van der Waals surface area contributed by atoms with Crippen LogP contribution in [0.1, 0.15) is 26.7 Å². The molecule has 0 aliphatic heterocycles. The maximum Gasteiger partial charge on any atom is 0.0647 e. The van der Waals surface area contributed by atoms with Crippen molar-refractivity contribution in [3.05, 3.63) is 42.7 Å². The minimum atomic E-state index is 0.501. The van der Waals surface area contributed by atoms with Gasteiger partial charge in [0.25, 0.3) is 0 Å². The molecular formula is C15H19N3. The fraction of sp³-hybridized carbons (Fsp3) is 0.400. The third-order valence-corrected chi connectivity index (χ3v) is 4.10. The standard InChI is InChI=1S/C15H19N3/c1-12(15(2)8-9-15)17-13-4-6-14(7-5-13)18-11-3-10-16-18/h3-7,10-12,17H,8-9H2,1-2H3. The van der Waals surface area contributed by atoms with Gasteiger partial charge in [-0.2, -0.15) is 5.10 Å². The van der Waals surface area contributed by atoms with Crippen LogP contribution in [-0.2, 0) is 0 Å². The first-order valence-corrected chi connectivity index (χ1v) is 6.54. The van der Waals surface area contributed by atoms with Gasteiger partial charge >= 0.3 is 0 Å². The third kappa shape index (κ3) is 2.13. The Morgan fingerprint density at radius 3 is 2.56 bits per heavy atom. The molecule has 1 saturated carbocycles. The summed E-state index contributed by atoms with van der Waals surface area (Å²) in [6.07, 6.45) is 6.43. The summed E-state index contributed by atoms with van der Waals surface area (Å²) in [6.45, 7) is 4.62. The van der Waals surface area contributed by atoms with Crippen molar-refractivity contribution in [2.24, 2.45) is 5.41 Å². The van der Waals surface area contributed by atoms with E-state index in [1.165, 1.54) is 18.5 Å². The second-order valence-corrected chi connectivity index (χ2v) is 5.52. The molecule has 1 aliphatic rings. The Hall–Kier alpha value is -1.77. The summed E-state index contributed by atoms with van der Waals surface area (Å²) in [5.74, 6) is 0. The molecule has 1 aromatic heterocycles. The Morgan fingerprint density at radius 2 is 2.00 bits per heavy atom. The van der Waals surface area contributed by atoms with Gasteiger partial charge in [-0.3, -0.25) is 0 Å². The molecular weight excluding hydrogens is 222 g/mol. The van der Waals surface area contributed by atoms with Crippen LogP contribution in [0.25, 0.3) is 5.69 Å². The Bertz CT molecular complexity index is 509. The fourth-order valence-electron chi connectivity index (χ4n) is 2.19. The van der Waals surface area contributed by atoms with E-state index in [0.29, 0.717) is 11.5 Å². The molecule has 94 valence electrons. The Kier molecular flexibility index (Phi) is 2.62. The van der Waals surface area contributed by atoms with Gasteiger partial charge in [0, 0.05) is 24.1 Å². The lowest BCUT2D eigenvalue weighted by Crippen LogP contribution is -2.24. The van der Waals surface area contributed by atoms with Crippen molar-refractivity contribution in [3.8, 4) is 5.69 Å². The molecule has 3 heteroatoms. The second-order valence-electron chi connectivity index (χ2n) is 5.52. The fourth-order valence-corrected chi connectivity index (χ4v) is 2.19. The van der Waals surface area contributed by atoms with Crippen molar-refractivity contribution in [2.45, 2.75) is 32.7 Å². The highest BCUT2D eigenvalue weighted by molar-refractivity contribution is 5.49. The highest BCUT2D eigenvalue weighted by atomic mass is 15.3. The molecule has 0 radical (unpaired) electrons. The number of hydrogen-bond acceptors (Lipinski definition) is 2. The van der Waals surface area contributed by atoms with Crippen LogP contribution in [0.5, 0.6) is 0 Å². The van der Waals surface area contributed by atoms with E-state index in [1.54, 1.807) is 6.20 Å². The van der Waals surface area contributed by atoms with Crippen molar-refractivity contribution in [1.29, 1.82) is 0 Å². The molecule has 3 rings (SSSR count). The van der Waals surface area contributed by atoms with Gasteiger partial charge in [-0.1, -0.05) is 6.92 Å². The average Bonchev–Trinajstić information content (AvgIpc) is 2.94. The quantitative estimate of drug-likeness (QED) is 0.888. The Morgan fingerprint density at radius 1 is 1.28 bits per heavy atom. The number of nitrogens with one attached hydrogen (secondary N) is 1. The summed E-state index contributed by atoms with van der Waals surface area (Å²) in [5.41, 5.74) is 2.78. The Balaban J connectivity index is 1.71. The molecule has 1 atom stereocenters. The SMILES string of the molecule is CC(Nc1ccc(-n2cccn2)cc1)C1(C)CC1. The highest BCUT2D eigenvalue weighted by Crippen LogP contribution is 2.48. The first kappa shape index (κ1) is 11.3. The third-order valence-electron chi connectivity index (χ3n) is 4.10. The molecule has 2 aromatic rings. The zero-order valence-corrected chi connectivity index (χ0v) is 10.9. The summed E-state index contributed by atoms with van der Waals surface area (Å²) in [5, 5.41) is 7.81. The molecule has 1 N–H and O–H groups in total. The van der Waals surface area contributed by atoms with Crippen molar-refractivity contribution >= 4 is 5.69 Å². The predicted octanol–water partition coefficient (Wildman–Crippen LogP) is 3.47. The van der Waals surface area contributed by atoms with Crippen LogP contribution in [-0.4, -0.2) is 15.8 Å². The summed E-state index contributed by atoms with van der Waals surface area (Å²) < 4.78 is 1.87. The van der Waals surface area contributed by atoms with Gasteiger partial charge in [-0.15, -0.1) is 0 Å². The smallest absolute Gasteiger partial charge is 0.0647 e. The van der Waals surface area contributed by atoms with Gasteiger partial charge in [0.1, 0.15) is 0 Å². The van der Waals surface area contributed by atoms with Crippen LogP contribution in [0.4, 0.5) is 5.69 Å². The number of rotatable bonds is 4. The molecule has 1 heterocycles. The van der Waals surface area contributed by atoms with Crippen molar-refractivity contribution in [2.75, 3.05) is 5.32 Å². The number of aromatic nitrogens is 2. The first-order chi connectivity index (χ1) is 8.67. The van der Waals surface area contributed by atoms with E-state index >= 15 is 0 Å².